The molecule has 3 nitrogen and oxygen atoms in total. The number of nitrogens with zero attached hydrogens (tertiary/aromatic N) is 1. The Hall–Kier alpha value is -0.450. The molecule has 0 aliphatic heterocycles. The normalized spacial score (nSPS) is 10.0. The van der Waals surface area contributed by atoms with Crippen LogP contribution in [0.25, 0.3) is 0 Å². The minimum Gasteiger partial charge on any atom is -0.325 e. The Balaban J connectivity index is 2.74. The summed E-state index contributed by atoms with van der Waals surface area (Å²) in [4.78, 5) is 4.05. The molecule has 0 aliphatic rings. The Bertz CT molecular complexity index is 166. The van der Waals surface area contributed by atoms with Crippen LogP contribution >= 0.6 is 11.3 Å². The maximum absolute atomic E-state index is 6.94. The number of nitrogens with one attached hydrogen (secondary N) is 1. The molecule has 0 fully saturated rings. The molecule has 0 amide bonds. The summed E-state index contributed by atoms with van der Waals surface area (Å²) in [6.07, 6.45) is 0. The van der Waals surface area contributed by atoms with Gasteiger partial charge in [-0.3, -0.25) is 5.73 Å². The number of nitrogens with two attached hydrogens (primary N) is 1. The van der Waals surface area contributed by atoms with Crippen LogP contribution in [0.1, 0.15) is 10.7 Å². The van der Waals surface area contributed by atoms with E-state index in [2.05, 4.69) is 4.98 Å². The first-order valence-electron chi connectivity index (χ1n) is 2.64. The largest absolute Gasteiger partial charge is 0.325 e. The molecular formula is C5H8N3S. The van der Waals surface area contributed by atoms with Crippen LogP contribution in [0, 0.1) is 0 Å². The van der Waals surface area contributed by atoms with Crippen molar-refractivity contribution in [3.63, 3.8) is 0 Å². The molecule has 1 heterocycles. The average Bonchev–Trinajstić information content (AvgIpc) is 2.34. The molecule has 0 unspecified atom stereocenters. The summed E-state index contributed by atoms with van der Waals surface area (Å²) < 4.78 is 0. The van der Waals surface area contributed by atoms with E-state index >= 15 is 0 Å². The van der Waals surface area contributed by atoms with Crippen LogP contribution in [0.2, 0.25) is 0 Å². The smallest absolute Gasteiger partial charge is 0.108 e. The number of aromatic nitrogens is 1. The van der Waals surface area contributed by atoms with Crippen molar-refractivity contribution in [1.29, 1.82) is 0 Å². The van der Waals surface area contributed by atoms with E-state index in [1.807, 2.05) is 5.38 Å². The maximum atomic E-state index is 6.94. The molecule has 1 aromatic rings. The van der Waals surface area contributed by atoms with Gasteiger partial charge in [0.15, 0.2) is 0 Å². The summed E-state index contributed by atoms with van der Waals surface area (Å²) in [5, 5.41) is 2.74. The summed E-state index contributed by atoms with van der Waals surface area (Å²) in [6.45, 7) is 0.751. The third-order valence-corrected chi connectivity index (χ3v) is 1.86. The monoisotopic (exact) mass is 142 g/mol. The Morgan fingerprint density at radius 1 is 1.78 bits per heavy atom. The predicted molar refractivity (Wildman–Crippen MR) is 36.8 cm³/mol. The fraction of sp³-hybridized carbons (Fsp3) is 0.400. The van der Waals surface area contributed by atoms with Crippen LogP contribution in [0.3, 0.4) is 0 Å². The molecule has 0 aliphatic carbocycles. The molecule has 0 saturated heterocycles. The number of hydrogen-bond acceptors (Lipinski definition) is 3. The number of hydrogen-bond donors (Lipinski definition) is 1. The molecule has 1 aromatic heterocycles. The van der Waals surface area contributed by atoms with Gasteiger partial charge in [-0.15, -0.1) is 11.3 Å². The van der Waals surface area contributed by atoms with E-state index in [4.69, 9.17) is 11.5 Å². The Morgan fingerprint density at radius 3 is 2.89 bits per heavy atom. The predicted octanol–water partition coefficient (Wildman–Crippen LogP) is 0.385. The molecule has 49 valence electrons. The SMILES string of the molecule is [NH]Cc1nc(CN)cs1. The number of thiazole rings is 1. The summed E-state index contributed by atoms with van der Waals surface area (Å²) in [5.41, 5.74) is 13.1. The van der Waals surface area contributed by atoms with Gasteiger partial charge in [0, 0.05) is 11.9 Å². The molecule has 0 aromatic carbocycles. The molecule has 4 heteroatoms. The van der Waals surface area contributed by atoms with Crippen molar-refractivity contribution in [3.05, 3.63) is 16.1 Å². The van der Waals surface area contributed by atoms with E-state index in [1.165, 1.54) is 11.3 Å². The second-order valence-corrected chi connectivity index (χ2v) is 2.56. The molecule has 0 bridgehead atoms. The zero-order valence-electron chi connectivity index (χ0n) is 4.92. The maximum Gasteiger partial charge on any atom is 0.108 e. The van der Waals surface area contributed by atoms with Gasteiger partial charge in [-0.1, -0.05) is 0 Å². The van der Waals surface area contributed by atoms with E-state index < -0.39 is 0 Å². The topological polar surface area (TPSA) is 62.7 Å². The second kappa shape index (κ2) is 2.91. The van der Waals surface area contributed by atoms with Gasteiger partial charge < -0.3 is 5.73 Å². The van der Waals surface area contributed by atoms with Crippen molar-refractivity contribution in [2.24, 2.45) is 5.73 Å². The summed E-state index contributed by atoms with van der Waals surface area (Å²) in [6, 6.07) is 0. The standard InChI is InChI=1S/C5H8N3S/c6-1-4-3-9-5(2-7)8-4/h3,7H,1-2,6H2. The van der Waals surface area contributed by atoms with Gasteiger partial charge in [0.1, 0.15) is 5.01 Å². The third kappa shape index (κ3) is 1.48. The zero-order chi connectivity index (χ0) is 6.69. The molecule has 1 rings (SSSR count). The van der Waals surface area contributed by atoms with Crippen LogP contribution in [-0.4, -0.2) is 4.98 Å². The molecular weight excluding hydrogens is 134 g/mol. The van der Waals surface area contributed by atoms with Crippen molar-refractivity contribution in [3.8, 4) is 0 Å². The second-order valence-electron chi connectivity index (χ2n) is 1.61. The third-order valence-electron chi connectivity index (χ3n) is 0.960. The average molecular weight is 142 g/mol. The van der Waals surface area contributed by atoms with Crippen molar-refractivity contribution in [2.45, 2.75) is 13.1 Å². The lowest BCUT2D eigenvalue weighted by molar-refractivity contribution is 0.943. The molecule has 1 radical (unpaired) electrons. The fourth-order valence-corrected chi connectivity index (χ4v) is 1.20. The van der Waals surface area contributed by atoms with Gasteiger partial charge in [0.25, 0.3) is 0 Å². The Labute approximate surface area is 57.7 Å². The van der Waals surface area contributed by atoms with Gasteiger partial charge in [0.2, 0.25) is 0 Å². The highest BCUT2D eigenvalue weighted by molar-refractivity contribution is 7.09. The van der Waals surface area contributed by atoms with Gasteiger partial charge >= 0.3 is 0 Å². The van der Waals surface area contributed by atoms with E-state index in [9.17, 15) is 0 Å². The van der Waals surface area contributed by atoms with Crippen molar-refractivity contribution in [2.75, 3.05) is 0 Å². The van der Waals surface area contributed by atoms with Gasteiger partial charge in [-0.05, 0) is 0 Å². The van der Waals surface area contributed by atoms with Crippen molar-refractivity contribution in [1.82, 2.24) is 10.7 Å². The van der Waals surface area contributed by atoms with E-state index in [0.29, 0.717) is 6.54 Å². The van der Waals surface area contributed by atoms with Crippen LogP contribution in [0.15, 0.2) is 5.38 Å². The zero-order valence-corrected chi connectivity index (χ0v) is 5.74. The highest BCUT2D eigenvalue weighted by Crippen LogP contribution is 2.07. The first-order chi connectivity index (χ1) is 4.36. The molecule has 3 N–H and O–H groups in total. The Morgan fingerprint density at radius 2 is 2.56 bits per heavy atom. The Kier molecular flexibility index (Phi) is 2.16. The number of rotatable bonds is 2. The summed E-state index contributed by atoms with van der Waals surface area (Å²) >= 11 is 1.50. The highest BCUT2D eigenvalue weighted by Gasteiger charge is 1.95. The molecule has 9 heavy (non-hydrogen) atoms. The van der Waals surface area contributed by atoms with Crippen LogP contribution < -0.4 is 11.5 Å². The quantitative estimate of drug-likeness (QED) is 0.649. The fourth-order valence-electron chi connectivity index (χ4n) is 0.524. The highest BCUT2D eigenvalue weighted by atomic mass is 32.1. The molecule has 0 spiro atoms. The van der Waals surface area contributed by atoms with Crippen LogP contribution in [-0.2, 0) is 13.1 Å². The van der Waals surface area contributed by atoms with Crippen LogP contribution in [0.4, 0.5) is 0 Å². The first-order valence-corrected chi connectivity index (χ1v) is 3.52. The van der Waals surface area contributed by atoms with Crippen LogP contribution in [0.5, 0.6) is 0 Å². The lowest BCUT2D eigenvalue weighted by atomic mass is 10.5. The minimum absolute atomic E-state index is 0.269. The minimum atomic E-state index is 0.269. The lowest BCUT2D eigenvalue weighted by Crippen LogP contribution is -1.96. The molecule has 0 saturated carbocycles. The molecule has 0 atom stereocenters. The van der Waals surface area contributed by atoms with E-state index in [1.54, 1.807) is 0 Å². The van der Waals surface area contributed by atoms with E-state index in [0.717, 1.165) is 10.7 Å². The van der Waals surface area contributed by atoms with Crippen molar-refractivity contribution < 1.29 is 0 Å². The summed E-state index contributed by atoms with van der Waals surface area (Å²) in [7, 11) is 0. The first kappa shape index (κ1) is 6.67. The van der Waals surface area contributed by atoms with Crippen molar-refractivity contribution >= 4 is 11.3 Å². The van der Waals surface area contributed by atoms with Gasteiger partial charge in [-0.25, -0.2) is 4.98 Å². The summed E-state index contributed by atoms with van der Waals surface area (Å²) in [5.74, 6) is 0. The van der Waals surface area contributed by atoms with Gasteiger partial charge in [0.05, 0.1) is 12.2 Å². The van der Waals surface area contributed by atoms with E-state index in [-0.39, 0.29) is 6.54 Å². The lowest BCUT2D eigenvalue weighted by Gasteiger charge is -1.83. The van der Waals surface area contributed by atoms with Gasteiger partial charge in [-0.2, -0.15) is 0 Å².